The van der Waals surface area contributed by atoms with Crippen molar-refractivity contribution in [3.8, 4) is 0 Å². The summed E-state index contributed by atoms with van der Waals surface area (Å²) in [6.07, 6.45) is 0. The minimum atomic E-state index is -0.595. The number of nitrogens with two attached hydrogens (primary N) is 2. The molecule has 0 fully saturated rings. The van der Waals surface area contributed by atoms with Crippen molar-refractivity contribution in [2.24, 2.45) is 5.73 Å². The number of rotatable bonds is 1. The van der Waals surface area contributed by atoms with Crippen LogP contribution < -0.4 is 11.5 Å². The lowest BCUT2D eigenvalue weighted by Crippen LogP contribution is -2.17. The molecule has 19 heavy (non-hydrogen) atoms. The van der Waals surface area contributed by atoms with Crippen LogP contribution in [0, 0.1) is 0 Å². The van der Waals surface area contributed by atoms with Crippen LogP contribution in [0.25, 0.3) is 11.0 Å². The summed E-state index contributed by atoms with van der Waals surface area (Å²) in [5.41, 5.74) is 12.5. The van der Waals surface area contributed by atoms with Gasteiger partial charge in [-0.15, -0.1) is 0 Å². The van der Waals surface area contributed by atoms with E-state index in [9.17, 15) is 4.79 Å². The van der Waals surface area contributed by atoms with Gasteiger partial charge in [0, 0.05) is 15.3 Å². The molecule has 0 unspecified atom stereocenters. The third-order valence-electron chi connectivity index (χ3n) is 2.76. The number of carbonyl (C=O) groups is 1. The molecule has 0 aliphatic rings. The highest BCUT2D eigenvalue weighted by atomic mass is 79.9. The molecule has 0 saturated heterocycles. The van der Waals surface area contributed by atoms with Crippen LogP contribution in [-0.4, -0.2) is 15.9 Å². The number of aromatic nitrogens is 2. The smallest absolute Gasteiger partial charge is 0.252 e. The molecule has 6 heteroatoms. The molecule has 0 bridgehead atoms. The number of pyridine rings is 2. The van der Waals surface area contributed by atoms with Crippen molar-refractivity contribution in [2.45, 2.75) is 26.2 Å². The number of nitrogen functional groups attached to an aromatic ring is 1. The number of hydrogen-bond acceptors (Lipinski definition) is 4. The number of halogens is 1. The first-order valence-electron chi connectivity index (χ1n) is 5.77. The number of fused-ring (bicyclic) bond motifs is 1. The molecule has 2 rings (SSSR count). The van der Waals surface area contributed by atoms with Crippen LogP contribution in [0.15, 0.2) is 16.6 Å². The molecule has 0 aliphatic heterocycles. The van der Waals surface area contributed by atoms with Gasteiger partial charge in [0.15, 0.2) is 5.65 Å². The van der Waals surface area contributed by atoms with Gasteiger partial charge in [-0.25, -0.2) is 9.97 Å². The normalized spacial score (nSPS) is 11.8. The van der Waals surface area contributed by atoms with Crippen molar-refractivity contribution < 1.29 is 4.79 Å². The maximum Gasteiger partial charge on any atom is 0.252 e. The fraction of sp³-hybridized carbons (Fsp3) is 0.308. The monoisotopic (exact) mass is 322 g/mol. The highest BCUT2D eigenvalue weighted by molar-refractivity contribution is 9.10. The van der Waals surface area contributed by atoms with Crippen molar-refractivity contribution in [1.29, 1.82) is 0 Å². The summed E-state index contributed by atoms with van der Waals surface area (Å²) >= 11 is 3.50. The number of hydrogen-bond donors (Lipinski definition) is 2. The minimum absolute atomic E-state index is 0.106. The van der Waals surface area contributed by atoms with Gasteiger partial charge in [-0.3, -0.25) is 4.79 Å². The van der Waals surface area contributed by atoms with Crippen LogP contribution in [0.2, 0.25) is 0 Å². The number of amides is 1. The Morgan fingerprint density at radius 1 is 1.26 bits per heavy atom. The first-order valence-corrected chi connectivity index (χ1v) is 6.56. The molecule has 0 saturated carbocycles. The lowest BCUT2D eigenvalue weighted by molar-refractivity contribution is 0.100. The van der Waals surface area contributed by atoms with Crippen LogP contribution >= 0.6 is 15.9 Å². The predicted molar refractivity (Wildman–Crippen MR) is 78.9 cm³/mol. The summed E-state index contributed by atoms with van der Waals surface area (Å²) in [6.45, 7) is 6.19. The second kappa shape index (κ2) is 4.45. The van der Waals surface area contributed by atoms with E-state index in [0.717, 1.165) is 15.6 Å². The molecule has 2 aromatic heterocycles. The Hall–Kier alpha value is -1.69. The second-order valence-electron chi connectivity index (χ2n) is 5.40. The largest absolute Gasteiger partial charge is 0.383 e. The van der Waals surface area contributed by atoms with E-state index in [1.807, 2.05) is 6.07 Å². The van der Waals surface area contributed by atoms with Crippen molar-refractivity contribution in [2.75, 3.05) is 5.73 Å². The maximum atomic E-state index is 11.2. The summed E-state index contributed by atoms with van der Waals surface area (Å²) in [5, 5.41) is 0.725. The number of primary amides is 1. The van der Waals surface area contributed by atoms with E-state index < -0.39 is 5.91 Å². The highest BCUT2D eigenvalue weighted by Gasteiger charge is 2.21. The first-order chi connectivity index (χ1) is 8.70. The average Bonchev–Trinajstić information content (AvgIpc) is 2.26. The minimum Gasteiger partial charge on any atom is -0.383 e. The molecule has 0 atom stereocenters. The van der Waals surface area contributed by atoms with Gasteiger partial charge in [0.1, 0.15) is 5.82 Å². The molecule has 2 aromatic rings. The standard InChI is InChI=1S/C13H15BrN4O/c1-13(2,3)9-8(14)5-6-4-7(11(16)19)10(15)18-12(6)17-9/h4-5H,1-3H3,(H2,16,19)(H2,15,17,18). The summed E-state index contributed by atoms with van der Waals surface area (Å²) in [4.78, 5) is 19.9. The third-order valence-corrected chi connectivity index (χ3v) is 3.37. The van der Waals surface area contributed by atoms with Crippen LogP contribution in [0.1, 0.15) is 36.8 Å². The van der Waals surface area contributed by atoms with Crippen molar-refractivity contribution in [1.82, 2.24) is 9.97 Å². The molecule has 4 N–H and O–H groups in total. The number of anilines is 1. The topological polar surface area (TPSA) is 94.9 Å². The Morgan fingerprint density at radius 3 is 2.42 bits per heavy atom. The van der Waals surface area contributed by atoms with E-state index >= 15 is 0 Å². The number of nitrogens with zero attached hydrogens (tertiary/aromatic N) is 2. The van der Waals surface area contributed by atoms with Crippen molar-refractivity contribution >= 4 is 38.7 Å². The average molecular weight is 323 g/mol. The lowest BCUT2D eigenvalue weighted by atomic mass is 9.91. The van der Waals surface area contributed by atoms with E-state index in [1.54, 1.807) is 6.07 Å². The third kappa shape index (κ3) is 2.53. The lowest BCUT2D eigenvalue weighted by Gasteiger charge is -2.19. The molecule has 1 amide bonds. The van der Waals surface area contributed by atoms with Gasteiger partial charge in [0.2, 0.25) is 0 Å². The van der Waals surface area contributed by atoms with Gasteiger partial charge in [-0.1, -0.05) is 20.8 Å². The molecule has 5 nitrogen and oxygen atoms in total. The first kappa shape index (κ1) is 13.7. The molecule has 0 aromatic carbocycles. The van der Waals surface area contributed by atoms with Gasteiger partial charge in [-0.2, -0.15) is 0 Å². The molecule has 0 spiro atoms. The molecule has 100 valence electrons. The zero-order chi connectivity index (χ0) is 14.4. The summed E-state index contributed by atoms with van der Waals surface area (Å²) in [7, 11) is 0. The van der Waals surface area contributed by atoms with Gasteiger partial charge < -0.3 is 11.5 Å². The molecular formula is C13H15BrN4O. The van der Waals surface area contributed by atoms with Gasteiger partial charge in [-0.05, 0) is 28.1 Å². The Kier molecular flexibility index (Phi) is 3.22. The second-order valence-corrected chi connectivity index (χ2v) is 6.26. The fourth-order valence-electron chi connectivity index (χ4n) is 1.82. The predicted octanol–water partition coefficient (Wildman–Crippen LogP) is 2.37. The van der Waals surface area contributed by atoms with Gasteiger partial charge >= 0.3 is 0 Å². The Bertz CT molecular complexity index is 676. The van der Waals surface area contributed by atoms with E-state index in [1.165, 1.54) is 0 Å². The van der Waals surface area contributed by atoms with Gasteiger partial charge in [0.25, 0.3) is 5.91 Å². The number of carbonyl (C=O) groups excluding carboxylic acids is 1. The Morgan fingerprint density at radius 2 is 1.89 bits per heavy atom. The SMILES string of the molecule is CC(C)(C)c1nc2nc(N)c(C(N)=O)cc2cc1Br. The molecular weight excluding hydrogens is 308 g/mol. The summed E-state index contributed by atoms with van der Waals surface area (Å²) < 4.78 is 0.870. The van der Waals surface area contributed by atoms with Crippen LogP contribution in [0.3, 0.4) is 0 Å². The van der Waals surface area contributed by atoms with Crippen LogP contribution in [0.5, 0.6) is 0 Å². The molecule has 0 aliphatic carbocycles. The van der Waals surface area contributed by atoms with E-state index in [-0.39, 0.29) is 16.8 Å². The molecule has 2 heterocycles. The maximum absolute atomic E-state index is 11.2. The Labute approximate surface area is 119 Å². The fourth-order valence-corrected chi connectivity index (χ4v) is 2.75. The van der Waals surface area contributed by atoms with E-state index in [0.29, 0.717) is 5.65 Å². The van der Waals surface area contributed by atoms with Crippen molar-refractivity contribution in [3.05, 3.63) is 27.9 Å². The zero-order valence-corrected chi connectivity index (χ0v) is 12.6. The highest BCUT2D eigenvalue weighted by Crippen LogP contribution is 2.31. The molecule has 0 radical (unpaired) electrons. The van der Waals surface area contributed by atoms with Gasteiger partial charge in [0.05, 0.1) is 11.3 Å². The Balaban J connectivity index is 2.76. The quantitative estimate of drug-likeness (QED) is 0.842. The summed E-state index contributed by atoms with van der Waals surface area (Å²) in [6, 6.07) is 3.49. The van der Waals surface area contributed by atoms with Crippen molar-refractivity contribution in [3.63, 3.8) is 0 Å². The van der Waals surface area contributed by atoms with E-state index in [2.05, 4.69) is 46.7 Å². The van der Waals surface area contributed by atoms with Crippen LogP contribution in [-0.2, 0) is 5.41 Å². The summed E-state index contributed by atoms with van der Waals surface area (Å²) in [5.74, 6) is -0.488. The van der Waals surface area contributed by atoms with E-state index in [4.69, 9.17) is 11.5 Å². The zero-order valence-electron chi connectivity index (χ0n) is 11.0. The van der Waals surface area contributed by atoms with Crippen LogP contribution in [0.4, 0.5) is 5.82 Å².